The molecule has 114 valence electrons. The van der Waals surface area contributed by atoms with Crippen LogP contribution in [0.25, 0.3) is 0 Å². The fourth-order valence-electron chi connectivity index (χ4n) is 2.45. The highest BCUT2D eigenvalue weighted by molar-refractivity contribution is 9.11. The number of methoxy groups -OCH3 is 1. The molecule has 3 rings (SSSR count). The normalized spacial score (nSPS) is 20.4. The third kappa shape index (κ3) is 3.41. The molecule has 1 aromatic carbocycles. The number of thioether (sulfide) groups is 1. The van der Waals surface area contributed by atoms with Crippen LogP contribution in [0.1, 0.15) is 12.8 Å². The van der Waals surface area contributed by atoms with E-state index in [-0.39, 0.29) is 5.54 Å². The Balaban J connectivity index is 1.79. The highest BCUT2D eigenvalue weighted by Crippen LogP contribution is 2.39. The molecule has 1 fully saturated rings. The average molecular weight is 436 g/mol. The number of amidine groups is 1. The van der Waals surface area contributed by atoms with Crippen molar-refractivity contribution < 1.29 is 9.47 Å². The molecule has 1 saturated heterocycles. The van der Waals surface area contributed by atoms with E-state index in [9.17, 15) is 0 Å². The second kappa shape index (κ2) is 6.48. The van der Waals surface area contributed by atoms with Crippen molar-refractivity contribution in [3.8, 4) is 5.75 Å². The molecule has 0 radical (unpaired) electrons. The number of halogens is 2. The van der Waals surface area contributed by atoms with E-state index in [0.29, 0.717) is 0 Å². The molecule has 0 atom stereocenters. The number of anilines is 1. The number of nitrogens with zero attached hydrogens (tertiary/aromatic N) is 1. The molecule has 1 N–H and O–H groups in total. The molecule has 0 amide bonds. The summed E-state index contributed by atoms with van der Waals surface area (Å²) in [6.45, 7) is 1.63. The predicted molar refractivity (Wildman–Crippen MR) is 94.7 cm³/mol. The quantitative estimate of drug-likeness (QED) is 0.752. The summed E-state index contributed by atoms with van der Waals surface area (Å²) < 4.78 is 12.7. The Hall–Kier alpha value is -0.240. The van der Waals surface area contributed by atoms with Gasteiger partial charge in [-0.25, -0.2) is 0 Å². The van der Waals surface area contributed by atoms with Crippen LogP contribution in [0, 0.1) is 0 Å². The van der Waals surface area contributed by atoms with Gasteiger partial charge in [0.1, 0.15) is 5.75 Å². The van der Waals surface area contributed by atoms with Crippen LogP contribution in [0.3, 0.4) is 0 Å². The summed E-state index contributed by atoms with van der Waals surface area (Å²) >= 11 is 8.83. The van der Waals surface area contributed by atoms with Crippen molar-refractivity contribution >= 4 is 54.5 Å². The molecular weight excluding hydrogens is 420 g/mol. The molecule has 2 aliphatic heterocycles. The maximum absolute atomic E-state index is 5.44. The molecule has 0 bridgehead atoms. The van der Waals surface area contributed by atoms with Gasteiger partial charge >= 0.3 is 0 Å². The molecule has 0 saturated carbocycles. The molecule has 2 heterocycles. The molecule has 1 aromatic rings. The highest BCUT2D eigenvalue weighted by atomic mass is 79.9. The lowest BCUT2D eigenvalue weighted by Crippen LogP contribution is -2.34. The van der Waals surface area contributed by atoms with Crippen molar-refractivity contribution in [1.29, 1.82) is 0 Å². The molecule has 0 aromatic heterocycles. The van der Waals surface area contributed by atoms with E-state index in [2.05, 4.69) is 37.2 Å². The van der Waals surface area contributed by atoms with Crippen LogP contribution < -0.4 is 10.1 Å². The van der Waals surface area contributed by atoms with E-state index < -0.39 is 0 Å². The number of ether oxygens (including phenoxy) is 2. The Labute approximate surface area is 145 Å². The zero-order chi connectivity index (χ0) is 14.9. The maximum Gasteiger partial charge on any atom is 0.161 e. The number of hydrogen-bond acceptors (Lipinski definition) is 5. The Morgan fingerprint density at radius 3 is 2.76 bits per heavy atom. The smallest absolute Gasteiger partial charge is 0.161 e. The summed E-state index contributed by atoms with van der Waals surface area (Å²) in [5.41, 5.74) is 1.03. The van der Waals surface area contributed by atoms with E-state index in [4.69, 9.17) is 14.5 Å². The summed E-state index contributed by atoms with van der Waals surface area (Å²) in [7, 11) is 1.66. The van der Waals surface area contributed by atoms with Gasteiger partial charge < -0.3 is 14.8 Å². The van der Waals surface area contributed by atoms with Crippen LogP contribution in [0.2, 0.25) is 0 Å². The minimum absolute atomic E-state index is 0.0666. The lowest BCUT2D eigenvalue weighted by molar-refractivity contribution is 0.0624. The number of benzene rings is 1. The summed E-state index contributed by atoms with van der Waals surface area (Å²) in [4.78, 5) is 4.91. The van der Waals surface area contributed by atoms with Gasteiger partial charge in [0.25, 0.3) is 0 Å². The number of hydrogen-bond donors (Lipinski definition) is 1. The largest absolute Gasteiger partial charge is 0.495 e. The van der Waals surface area contributed by atoms with Gasteiger partial charge in [-0.05, 0) is 50.8 Å². The lowest BCUT2D eigenvalue weighted by atomic mass is 9.93. The van der Waals surface area contributed by atoms with E-state index in [1.807, 2.05) is 12.1 Å². The summed E-state index contributed by atoms with van der Waals surface area (Å²) in [5, 5.41) is 4.38. The number of nitrogens with one attached hydrogen (secondary N) is 1. The summed E-state index contributed by atoms with van der Waals surface area (Å²) in [5.74, 6) is 1.83. The van der Waals surface area contributed by atoms with Gasteiger partial charge in [0.2, 0.25) is 0 Å². The third-order valence-electron chi connectivity index (χ3n) is 3.72. The van der Waals surface area contributed by atoms with Crippen LogP contribution in [0.5, 0.6) is 5.75 Å². The van der Waals surface area contributed by atoms with Crippen LogP contribution in [0.4, 0.5) is 5.69 Å². The van der Waals surface area contributed by atoms with Crippen LogP contribution in [-0.2, 0) is 4.74 Å². The zero-order valence-corrected chi connectivity index (χ0v) is 15.6. The van der Waals surface area contributed by atoms with Crippen molar-refractivity contribution in [3.63, 3.8) is 0 Å². The maximum atomic E-state index is 5.44. The van der Waals surface area contributed by atoms with Gasteiger partial charge in [0.05, 0.1) is 22.8 Å². The van der Waals surface area contributed by atoms with Gasteiger partial charge in [-0.3, -0.25) is 4.99 Å². The molecular formula is C14H16Br2N2O2S. The first-order chi connectivity index (χ1) is 10.1. The van der Waals surface area contributed by atoms with E-state index in [1.54, 1.807) is 18.9 Å². The molecule has 1 spiro atoms. The van der Waals surface area contributed by atoms with Gasteiger partial charge in [-0.2, -0.15) is 0 Å². The molecule has 2 aliphatic rings. The Bertz CT molecular complexity index is 574. The number of rotatable bonds is 2. The first kappa shape index (κ1) is 15.6. The standard InChI is InChI=1S/C14H16Br2N2O2S/c1-19-12-7-11(9(15)6-10(12)16)17-13-18-14(8-21-13)2-4-20-5-3-14/h6-7H,2-5,8H2,1H3,(H,17,18). The van der Waals surface area contributed by atoms with Crippen LogP contribution >= 0.6 is 43.6 Å². The second-order valence-electron chi connectivity index (χ2n) is 5.13. The van der Waals surface area contributed by atoms with Gasteiger partial charge in [-0.1, -0.05) is 11.8 Å². The Kier molecular flexibility index (Phi) is 4.83. The Morgan fingerprint density at radius 2 is 2.05 bits per heavy atom. The fourth-order valence-corrected chi connectivity index (χ4v) is 4.90. The first-order valence-electron chi connectivity index (χ1n) is 6.72. The van der Waals surface area contributed by atoms with E-state index >= 15 is 0 Å². The average Bonchev–Trinajstić information content (AvgIpc) is 2.85. The fraction of sp³-hybridized carbons (Fsp3) is 0.500. The zero-order valence-electron chi connectivity index (χ0n) is 11.6. The van der Waals surface area contributed by atoms with Crippen molar-refractivity contribution in [2.75, 3.05) is 31.4 Å². The van der Waals surface area contributed by atoms with Crippen molar-refractivity contribution in [3.05, 3.63) is 21.1 Å². The molecule has 21 heavy (non-hydrogen) atoms. The van der Waals surface area contributed by atoms with Gasteiger partial charge in [0, 0.05) is 29.5 Å². The van der Waals surface area contributed by atoms with Crippen molar-refractivity contribution in [2.45, 2.75) is 18.4 Å². The lowest BCUT2D eigenvalue weighted by Gasteiger charge is -2.29. The van der Waals surface area contributed by atoms with Crippen LogP contribution in [0.15, 0.2) is 26.1 Å². The minimum atomic E-state index is 0.0666. The number of aliphatic imine (C=N–C) groups is 1. The SMILES string of the molecule is COc1cc(NC2=NC3(CCOCC3)CS2)c(Br)cc1Br. The summed E-state index contributed by atoms with van der Waals surface area (Å²) in [6, 6.07) is 3.94. The van der Waals surface area contributed by atoms with Gasteiger partial charge in [-0.15, -0.1) is 0 Å². The highest BCUT2D eigenvalue weighted by Gasteiger charge is 2.37. The molecule has 0 aliphatic carbocycles. The topological polar surface area (TPSA) is 42.8 Å². The van der Waals surface area contributed by atoms with Crippen molar-refractivity contribution in [2.24, 2.45) is 4.99 Å². The predicted octanol–water partition coefficient (Wildman–Crippen LogP) is 4.28. The first-order valence-corrected chi connectivity index (χ1v) is 9.29. The minimum Gasteiger partial charge on any atom is -0.495 e. The van der Waals surface area contributed by atoms with E-state index in [0.717, 1.165) is 57.4 Å². The van der Waals surface area contributed by atoms with E-state index in [1.165, 1.54) is 0 Å². The molecule has 4 nitrogen and oxygen atoms in total. The van der Waals surface area contributed by atoms with Gasteiger partial charge in [0.15, 0.2) is 5.17 Å². The third-order valence-corrected chi connectivity index (χ3v) is 6.15. The van der Waals surface area contributed by atoms with Crippen molar-refractivity contribution in [1.82, 2.24) is 0 Å². The molecule has 0 unspecified atom stereocenters. The second-order valence-corrected chi connectivity index (χ2v) is 7.81. The summed E-state index contributed by atoms with van der Waals surface area (Å²) in [6.07, 6.45) is 2.02. The molecule has 7 heteroatoms. The Morgan fingerprint density at radius 1 is 1.29 bits per heavy atom. The van der Waals surface area contributed by atoms with Crippen LogP contribution in [-0.4, -0.2) is 36.8 Å². The monoisotopic (exact) mass is 434 g/mol.